The minimum atomic E-state index is -0.206. The zero-order chi connectivity index (χ0) is 12.5. The highest BCUT2D eigenvalue weighted by atomic mass is 16.1. The molecule has 2 aromatic rings. The van der Waals surface area contributed by atoms with Gasteiger partial charge in [0, 0.05) is 24.8 Å². The van der Waals surface area contributed by atoms with Gasteiger partial charge in [-0.05, 0) is 19.3 Å². The Kier molecular flexibility index (Phi) is 2.77. The van der Waals surface area contributed by atoms with Crippen LogP contribution in [0.1, 0.15) is 31.9 Å². The summed E-state index contributed by atoms with van der Waals surface area (Å²) in [4.78, 5) is 18.6. The maximum Gasteiger partial charge on any atom is 0.350 e. The fourth-order valence-corrected chi connectivity index (χ4v) is 2.47. The summed E-state index contributed by atoms with van der Waals surface area (Å²) in [5, 5.41) is 6.55. The van der Waals surface area contributed by atoms with Gasteiger partial charge in [0.15, 0.2) is 5.65 Å². The molecule has 3 rings (SSSR count). The van der Waals surface area contributed by atoms with E-state index in [1.54, 1.807) is 4.40 Å². The molecule has 1 N–H and O–H groups in total. The highest BCUT2D eigenvalue weighted by Crippen LogP contribution is 2.19. The van der Waals surface area contributed by atoms with Gasteiger partial charge in [0.2, 0.25) is 5.95 Å². The van der Waals surface area contributed by atoms with Gasteiger partial charge in [-0.1, -0.05) is 13.3 Å². The van der Waals surface area contributed by atoms with E-state index in [2.05, 4.69) is 27.0 Å². The summed E-state index contributed by atoms with van der Waals surface area (Å²) in [6, 6.07) is 1.89. The molecule has 0 unspecified atom stereocenters. The summed E-state index contributed by atoms with van der Waals surface area (Å²) in [5.41, 5.74) is 1.47. The van der Waals surface area contributed by atoms with Crippen LogP contribution in [0.15, 0.2) is 10.9 Å². The van der Waals surface area contributed by atoms with E-state index in [0.29, 0.717) is 5.65 Å². The lowest BCUT2D eigenvalue weighted by atomic mass is 10.2. The van der Waals surface area contributed by atoms with Crippen molar-refractivity contribution in [3.63, 3.8) is 0 Å². The first-order chi connectivity index (χ1) is 8.79. The minimum Gasteiger partial charge on any atom is -0.342 e. The standard InChI is InChI=1S/C12H17N5O/c1-2-5-9-8-10-14-15-12(18)17(10)11(13-9)16-6-3-4-7-16/h8H,2-7H2,1H3,(H,15,18). The van der Waals surface area contributed by atoms with Crippen molar-refractivity contribution in [3.05, 3.63) is 22.2 Å². The monoisotopic (exact) mass is 247 g/mol. The molecule has 0 radical (unpaired) electrons. The predicted molar refractivity (Wildman–Crippen MR) is 69.0 cm³/mol. The second-order valence-electron chi connectivity index (χ2n) is 4.71. The molecule has 3 heterocycles. The second kappa shape index (κ2) is 4.44. The number of hydrogen-bond donors (Lipinski definition) is 1. The molecule has 0 amide bonds. The number of anilines is 1. The van der Waals surface area contributed by atoms with Crippen LogP contribution in [0.5, 0.6) is 0 Å². The van der Waals surface area contributed by atoms with E-state index in [1.165, 1.54) is 0 Å². The van der Waals surface area contributed by atoms with E-state index in [0.717, 1.165) is 50.4 Å². The highest BCUT2D eigenvalue weighted by molar-refractivity contribution is 5.47. The summed E-state index contributed by atoms with van der Waals surface area (Å²) in [6.07, 6.45) is 4.28. The SMILES string of the molecule is CCCc1cc2n[nH]c(=O)n2c(N2CCCC2)n1. The van der Waals surface area contributed by atoms with Crippen LogP contribution in [0.3, 0.4) is 0 Å². The van der Waals surface area contributed by atoms with Gasteiger partial charge in [-0.15, -0.1) is 0 Å². The maximum atomic E-state index is 11.8. The van der Waals surface area contributed by atoms with E-state index >= 15 is 0 Å². The number of hydrogen-bond acceptors (Lipinski definition) is 4. The number of rotatable bonds is 3. The molecule has 18 heavy (non-hydrogen) atoms. The largest absolute Gasteiger partial charge is 0.350 e. The molecule has 0 atom stereocenters. The molecule has 1 fully saturated rings. The highest BCUT2D eigenvalue weighted by Gasteiger charge is 2.19. The Morgan fingerprint density at radius 2 is 2.17 bits per heavy atom. The van der Waals surface area contributed by atoms with E-state index < -0.39 is 0 Å². The first-order valence-electron chi connectivity index (χ1n) is 6.51. The maximum absolute atomic E-state index is 11.8. The number of nitrogens with one attached hydrogen (secondary N) is 1. The molecule has 0 saturated carbocycles. The first kappa shape index (κ1) is 11.3. The first-order valence-corrected chi connectivity index (χ1v) is 6.51. The molecular formula is C12H17N5O. The van der Waals surface area contributed by atoms with E-state index in [-0.39, 0.29) is 5.69 Å². The predicted octanol–water partition coefficient (Wildman–Crippen LogP) is 0.970. The van der Waals surface area contributed by atoms with Crippen LogP contribution < -0.4 is 10.6 Å². The topological polar surface area (TPSA) is 66.3 Å². The average Bonchev–Trinajstić information content (AvgIpc) is 2.99. The molecule has 0 aromatic carbocycles. The van der Waals surface area contributed by atoms with Crippen molar-refractivity contribution in [2.24, 2.45) is 0 Å². The lowest BCUT2D eigenvalue weighted by Gasteiger charge is -2.17. The van der Waals surface area contributed by atoms with Crippen molar-refractivity contribution in [2.75, 3.05) is 18.0 Å². The van der Waals surface area contributed by atoms with Crippen LogP contribution in [-0.4, -0.2) is 32.7 Å². The third-order valence-electron chi connectivity index (χ3n) is 3.33. The molecule has 1 aliphatic heterocycles. The van der Waals surface area contributed by atoms with Gasteiger partial charge in [-0.3, -0.25) is 0 Å². The molecule has 0 aliphatic carbocycles. The van der Waals surface area contributed by atoms with Gasteiger partial charge in [-0.25, -0.2) is 19.3 Å². The Morgan fingerprint density at radius 1 is 1.39 bits per heavy atom. The Balaban J connectivity index is 2.18. The summed E-state index contributed by atoms with van der Waals surface area (Å²) < 4.78 is 1.57. The lowest BCUT2D eigenvalue weighted by Crippen LogP contribution is -2.26. The number of aromatic amines is 1. The summed E-state index contributed by atoms with van der Waals surface area (Å²) in [6.45, 7) is 4.06. The normalized spacial score (nSPS) is 15.7. The third-order valence-corrected chi connectivity index (χ3v) is 3.33. The van der Waals surface area contributed by atoms with Gasteiger partial charge in [0.25, 0.3) is 0 Å². The molecule has 6 nitrogen and oxygen atoms in total. The number of nitrogens with zero attached hydrogens (tertiary/aromatic N) is 4. The zero-order valence-electron chi connectivity index (χ0n) is 10.5. The van der Waals surface area contributed by atoms with Gasteiger partial charge in [0.05, 0.1) is 0 Å². The van der Waals surface area contributed by atoms with Gasteiger partial charge in [-0.2, -0.15) is 5.10 Å². The molecule has 6 heteroatoms. The van der Waals surface area contributed by atoms with Crippen molar-refractivity contribution in [2.45, 2.75) is 32.6 Å². The molecular weight excluding hydrogens is 230 g/mol. The number of fused-ring (bicyclic) bond motifs is 1. The van der Waals surface area contributed by atoms with Crippen molar-refractivity contribution in [1.29, 1.82) is 0 Å². The van der Waals surface area contributed by atoms with E-state index in [4.69, 9.17) is 0 Å². The van der Waals surface area contributed by atoms with E-state index in [9.17, 15) is 4.79 Å². The number of aryl methyl sites for hydroxylation is 1. The zero-order valence-corrected chi connectivity index (χ0v) is 10.5. The van der Waals surface area contributed by atoms with Crippen LogP contribution in [0.25, 0.3) is 5.65 Å². The molecule has 1 aliphatic rings. The van der Waals surface area contributed by atoms with Crippen molar-refractivity contribution >= 4 is 11.6 Å². The van der Waals surface area contributed by atoms with Gasteiger partial charge < -0.3 is 4.90 Å². The second-order valence-corrected chi connectivity index (χ2v) is 4.71. The smallest absolute Gasteiger partial charge is 0.342 e. The lowest BCUT2D eigenvalue weighted by molar-refractivity contribution is 0.819. The Morgan fingerprint density at radius 3 is 2.89 bits per heavy atom. The fourth-order valence-electron chi connectivity index (χ4n) is 2.47. The quantitative estimate of drug-likeness (QED) is 0.877. The van der Waals surface area contributed by atoms with Crippen molar-refractivity contribution in [1.82, 2.24) is 19.6 Å². The Bertz CT molecular complexity index is 608. The minimum absolute atomic E-state index is 0.206. The van der Waals surface area contributed by atoms with Crippen LogP contribution in [-0.2, 0) is 6.42 Å². The van der Waals surface area contributed by atoms with Crippen LogP contribution in [0.4, 0.5) is 5.95 Å². The van der Waals surface area contributed by atoms with Gasteiger partial charge >= 0.3 is 5.69 Å². The number of aromatic nitrogens is 4. The van der Waals surface area contributed by atoms with Crippen LogP contribution >= 0.6 is 0 Å². The van der Waals surface area contributed by atoms with Crippen molar-refractivity contribution in [3.8, 4) is 0 Å². The summed E-state index contributed by atoms with van der Waals surface area (Å²) >= 11 is 0. The Hall–Kier alpha value is -1.85. The average molecular weight is 247 g/mol. The molecule has 96 valence electrons. The number of H-pyrrole nitrogens is 1. The van der Waals surface area contributed by atoms with Crippen LogP contribution in [0.2, 0.25) is 0 Å². The van der Waals surface area contributed by atoms with Gasteiger partial charge in [0.1, 0.15) is 0 Å². The molecule has 0 bridgehead atoms. The molecule has 0 spiro atoms. The summed E-state index contributed by atoms with van der Waals surface area (Å²) in [7, 11) is 0. The van der Waals surface area contributed by atoms with Crippen molar-refractivity contribution < 1.29 is 0 Å². The Labute approximate surface area is 105 Å². The molecule has 1 saturated heterocycles. The summed E-state index contributed by atoms with van der Waals surface area (Å²) in [5.74, 6) is 0.743. The van der Waals surface area contributed by atoms with Crippen LogP contribution in [0, 0.1) is 0 Å². The third kappa shape index (κ3) is 1.77. The fraction of sp³-hybridized carbons (Fsp3) is 0.583. The molecule has 2 aromatic heterocycles. The van der Waals surface area contributed by atoms with E-state index in [1.807, 2.05) is 6.07 Å².